The lowest BCUT2D eigenvalue weighted by molar-refractivity contribution is 0.0696. The fourth-order valence-electron chi connectivity index (χ4n) is 1.32. The van der Waals surface area contributed by atoms with Crippen LogP contribution in [0.2, 0.25) is 0 Å². The Kier molecular flexibility index (Phi) is 4.31. The van der Waals surface area contributed by atoms with Crippen molar-refractivity contribution in [3.63, 3.8) is 0 Å². The van der Waals surface area contributed by atoms with Gasteiger partial charge >= 0.3 is 5.97 Å². The summed E-state index contributed by atoms with van der Waals surface area (Å²) in [6.45, 7) is 1.61. The first kappa shape index (κ1) is 13.7. The van der Waals surface area contributed by atoms with Crippen LogP contribution in [-0.4, -0.2) is 25.2 Å². The highest BCUT2D eigenvalue weighted by molar-refractivity contribution is 7.91. The zero-order chi connectivity index (χ0) is 13.1. The fourth-order valence-corrected chi connectivity index (χ4v) is 2.91. The van der Waals surface area contributed by atoms with Crippen LogP contribution in [0.5, 0.6) is 0 Å². The lowest BCUT2D eigenvalue weighted by atomic mass is 10.1. The van der Waals surface area contributed by atoms with Gasteiger partial charge in [0, 0.05) is 5.54 Å². The summed E-state index contributed by atoms with van der Waals surface area (Å²) < 4.78 is 23.8. The minimum Gasteiger partial charge on any atom is -0.478 e. The van der Waals surface area contributed by atoms with Gasteiger partial charge in [0.15, 0.2) is 9.84 Å². The van der Waals surface area contributed by atoms with E-state index in [0.29, 0.717) is 5.56 Å². The normalized spacial score (nSPS) is 11.9. The van der Waals surface area contributed by atoms with E-state index in [1.807, 2.05) is 0 Å². The Labute approximate surface area is 104 Å². The lowest BCUT2D eigenvalue weighted by Gasteiger charge is -2.06. The number of aryl methyl sites for hydroxylation is 1. The molecule has 17 heavy (non-hydrogen) atoms. The van der Waals surface area contributed by atoms with Crippen molar-refractivity contribution in [3.05, 3.63) is 40.9 Å². The predicted molar refractivity (Wildman–Crippen MR) is 65.2 cm³/mol. The van der Waals surface area contributed by atoms with Crippen molar-refractivity contribution >= 4 is 27.4 Å². The van der Waals surface area contributed by atoms with Crippen LogP contribution in [0.1, 0.15) is 15.9 Å². The second-order valence-electron chi connectivity index (χ2n) is 3.43. The van der Waals surface area contributed by atoms with Crippen molar-refractivity contribution in [2.75, 3.05) is 5.75 Å². The number of carboxylic acids is 1. The van der Waals surface area contributed by atoms with Gasteiger partial charge in [0.05, 0.1) is 16.2 Å². The molecule has 6 heteroatoms. The molecule has 1 aromatic carbocycles. The number of halogens is 1. The third kappa shape index (κ3) is 3.31. The van der Waals surface area contributed by atoms with Crippen LogP contribution in [0, 0.1) is 6.92 Å². The van der Waals surface area contributed by atoms with Crippen molar-refractivity contribution in [2.45, 2.75) is 11.8 Å². The highest BCUT2D eigenvalue weighted by Gasteiger charge is 2.17. The first-order valence-corrected chi connectivity index (χ1v) is 6.79. The summed E-state index contributed by atoms with van der Waals surface area (Å²) in [6.07, 6.45) is 1.30. The van der Waals surface area contributed by atoms with Crippen molar-refractivity contribution in [1.29, 1.82) is 0 Å². The molecular weight excluding hydrogens is 264 g/mol. The first-order chi connectivity index (χ1) is 7.88. The van der Waals surface area contributed by atoms with E-state index < -0.39 is 15.8 Å². The molecule has 0 saturated carbocycles. The van der Waals surface area contributed by atoms with E-state index in [1.54, 1.807) is 6.92 Å². The van der Waals surface area contributed by atoms with Crippen LogP contribution in [0.25, 0.3) is 0 Å². The zero-order valence-corrected chi connectivity index (χ0v) is 10.6. The van der Waals surface area contributed by atoms with Crippen molar-refractivity contribution < 1.29 is 18.3 Å². The smallest absolute Gasteiger partial charge is 0.335 e. The van der Waals surface area contributed by atoms with E-state index >= 15 is 0 Å². The standard InChI is InChI=1S/C11H11ClO4S/c1-8-3-4-9(11(13)14)7-10(8)17(15,16)6-2-5-12/h2-5,7H,6H2,1H3,(H,13,14)/b5-2+. The molecule has 0 aromatic heterocycles. The molecule has 1 rings (SSSR count). The second-order valence-corrected chi connectivity index (χ2v) is 5.68. The van der Waals surface area contributed by atoms with Crippen LogP contribution in [0.15, 0.2) is 34.7 Å². The summed E-state index contributed by atoms with van der Waals surface area (Å²) in [7, 11) is -3.54. The number of aromatic carboxylic acids is 1. The van der Waals surface area contributed by atoms with Gasteiger partial charge < -0.3 is 5.11 Å². The number of carbonyl (C=O) groups is 1. The lowest BCUT2D eigenvalue weighted by Crippen LogP contribution is -2.08. The zero-order valence-electron chi connectivity index (χ0n) is 9.05. The summed E-state index contributed by atoms with van der Waals surface area (Å²) in [5.41, 5.74) is 1.58. The number of rotatable bonds is 4. The molecule has 1 aromatic rings. The van der Waals surface area contributed by atoms with Crippen molar-refractivity contribution in [3.8, 4) is 0 Å². The van der Waals surface area contributed by atoms with E-state index in [4.69, 9.17) is 16.7 Å². The molecule has 0 spiro atoms. The molecule has 0 bridgehead atoms. The maximum Gasteiger partial charge on any atom is 0.335 e. The maximum absolute atomic E-state index is 11.9. The van der Waals surface area contributed by atoms with Gasteiger partial charge in [-0.2, -0.15) is 0 Å². The fraction of sp³-hybridized carbons (Fsp3) is 0.182. The Morgan fingerprint density at radius 1 is 1.47 bits per heavy atom. The predicted octanol–water partition coefficient (Wildman–Crippen LogP) is 2.22. The minimum atomic E-state index is -3.54. The average molecular weight is 275 g/mol. The van der Waals surface area contributed by atoms with Gasteiger partial charge in [0.25, 0.3) is 0 Å². The molecule has 0 aliphatic heterocycles. The molecule has 0 heterocycles. The molecule has 0 aliphatic carbocycles. The van der Waals surface area contributed by atoms with Gasteiger partial charge in [-0.25, -0.2) is 13.2 Å². The number of sulfone groups is 1. The summed E-state index contributed by atoms with van der Waals surface area (Å²) in [5.74, 6) is -1.41. The highest BCUT2D eigenvalue weighted by Crippen LogP contribution is 2.19. The molecule has 92 valence electrons. The molecule has 0 unspecified atom stereocenters. The van der Waals surface area contributed by atoms with E-state index in [2.05, 4.69) is 0 Å². The number of hydrogen-bond acceptors (Lipinski definition) is 3. The van der Waals surface area contributed by atoms with Crippen LogP contribution in [0.4, 0.5) is 0 Å². The molecule has 0 fully saturated rings. The Balaban J connectivity index is 3.30. The molecule has 4 nitrogen and oxygen atoms in total. The van der Waals surface area contributed by atoms with Crippen LogP contribution in [-0.2, 0) is 9.84 Å². The summed E-state index contributed by atoms with van der Waals surface area (Å²) >= 11 is 5.28. The van der Waals surface area contributed by atoms with E-state index in [1.165, 1.54) is 18.2 Å². The molecular formula is C11H11ClO4S. The van der Waals surface area contributed by atoms with E-state index in [9.17, 15) is 13.2 Å². The van der Waals surface area contributed by atoms with Crippen LogP contribution < -0.4 is 0 Å². The van der Waals surface area contributed by atoms with Crippen LogP contribution >= 0.6 is 11.6 Å². The molecule has 0 saturated heterocycles. The quantitative estimate of drug-likeness (QED) is 0.914. The summed E-state index contributed by atoms with van der Waals surface area (Å²) in [5, 5.41) is 8.81. The Hall–Kier alpha value is -1.33. The van der Waals surface area contributed by atoms with Crippen molar-refractivity contribution in [1.82, 2.24) is 0 Å². The Morgan fingerprint density at radius 3 is 2.65 bits per heavy atom. The molecule has 0 atom stereocenters. The molecule has 0 amide bonds. The average Bonchev–Trinajstić information content (AvgIpc) is 2.26. The molecule has 1 N–H and O–H groups in total. The number of carboxylic acid groups (broad SMARTS) is 1. The Morgan fingerprint density at radius 2 is 2.12 bits per heavy atom. The maximum atomic E-state index is 11.9. The number of hydrogen-bond donors (Lipinski definition) is 1. The van der Waals surface area contributed by atoms with Gasteiger partial charge in [0.1, 0.15) is 0 Å². The third-order valence-corrected chi connectivity index (χ3v) is 4.09. The van der Waals surface area contributed by atoms with Gasteiger partial charge in [-0.15, -0.1) is 0 Å². The van der Waals surface area contributed by atoms with Crippen LogP contribution in [0.3, 0.4) is 0 Å². The van der Waals surface area contributed by atoms with Gasteiger partial charge in [0.2, 0.25) is 0 Å². The van der Waals surface area contributed by atoms with Crippen molar-refractivity contribution in [2.24, 2.45) is 0 Å². The largest absolute Gasteiger partial charge is 0.478 e. The second kappa shape index (κ2) is 5.33. The minimum absolute atomic E-state index is 0.0205. The third-order valence-electron chi connectivity index (χ3n) is 2.17. The topological polar surface area (TPSA) is 71.4 Å². The SMILES string of the molecule is Cc1ccc(C(=O)O)cc1S(=O)(=O)C/C=C/Cl. The highest BCUT2D eigenvalue weighted by atomic mass is 35.5. The van der Waals surface area contributed by atoms with Gasteiger partial charge in [-0.3, -0.25) is 0 Å². The van der Waals surface area contributed by atoms with Gasteiger partial charge in [-0.1, -0.05) is 23.7 Å². The van der Waals surface area contributed by atoms with Gasteiger partial charge in [-0.05, 0) is 24.6 Å². The summed E-state index contributed by atoms with van der Waals surface area (Å²) in [4.78, 5) is 10.8. The number of benzene rings is 1. The first-order valence-electron chi connectivity index (χ1n) is 4.70. The van der Waals surface area contributed by atoms with E-state index in [0.717, 1.165) is 11.6 Å². The molecule has 0 radical (unpaired) electrons. The monoisotopic (exact) mass is 274 g/mol. The molecule has 0 aliphatic rings. The Bertz CT molecular complexity index is 561. The van der Waals surface area contributed by atoms with E-state index in [-0.39, 0.29) is 16.2 Å². The summed E-state index contributed by atoms with van der Waals surface area (Å²) in [6, 6.07) is 4.00.